The first-order valence-corrected chi connectivity index (χ1v) is 11.4. The average Bonchev–Trinajstić information content (AvgIpc) is 2.68. The van der Waals surface area contributed by atoms with Crippen molar-refractivity contribution in [2.75, 3.05) is 5.75 Å². The van der Waals surface area contributed by atoms with Gasteiger partial charge < -0.3 is 0 Å². The Morgan fingerprint density at radius 2 is 0.731 bits per heavy atom. The molecule has 3 aromatic carbocycles. The van der Waals surface area contributed by atoms with Gasteiger partial charge in [0.1, 0.15) is 0 Å². The van der Waals surface area contributed by atoms with E-state index in [9.17, 15) is 0 Å². The van der Waals surface area contributed by atoms with E-state index in [4.69, 9.17) is 0 Å². The molecule has 0 aromatic heterocycles. The summed E-state index contributed by atoms with van der Waals surface area (Å²) in [5.74, 6) is 1.11. The topological polar surface area (TPSA) is 0 Å². The van der Waals surface area contributed by atoms with E-state index in [1.807, 2.05) is 13.8 Å². The molecule has 0 heterocycles. The lowest BCUT2D eigenvalue weighted by Gasteiger charge is -2.41. The van der Waals surface area contributed by atoms with Gasteiger partial charge >= 0.3 is 0 Å². The van der Waals surface area contributed by atoms with E-state index in [-0.39, 0.29) is 0 Å². The van der Waals surface area contributed by atoms with E-state index in [0.717, 1.165) is 5.75 Å². The van der Waals surface area contributed by atoms with Gasteiger partial charge in [0.25, 0.3) is 0 Å². The second-order valence-electron chi connectivity index (χ2n) is 6.47. The molecule has 3 aromatic rings. The van der Waals surface area contributed by atoms with Crippen LogP contribution >= 0.6 is 10.0 Å². The molecule has 0 amide bonds. The largest absolute Gasteiger partial charge is 0.161 e. The van der Waals surface area contributed by atoms with Crippen LogP contribution in [0.2, 0.25) is 0 Å². The van der Waals surface area contributed by atoms with Crippen molar-refractivity contribution in [2.45, 2.75) is 56.2 Å². The van der Waals surface area contributed by atoms with Crippen LogP contribution in [0.25, 0.3) is 0 Å². The fourth-order valence-corrected chi connectivity index (χ4v) is 6.84. The highest BCUT2D eigenvalue weighted by Crippen LogP contribution is 2.67. The first-order chi connectivity index (χ1) is 12.6. The molecule has 0 spiro atoms. The van der Waals surface area contributed by atoms with E-state index in [2.05, 4.69) is 100 Å². The Bertz CT molecular complexity index is 685. The molecule has 3 rings (SSSR count). The highest BCUT2D eigenvalue weighted by molar-refractivity contribution is 8.33. The van der Waals surface area contributed by atoms with Crippen molar-refractivity contribution in [3.8, 4) is 0 Å². The Morgan fingerprint density at radius 3 is 0.923 bits per heavy atom. The highest BCUT2D eigenvalue weighted by atomic mass is 32.3. The lowest BCUT2D eigenvalue weighted by molar-refractivity contribution is 1.23. The number of hydrogen-bond acceptors (Lipinski definition) is 0. The van der Waals surface area contributed by atoms with Crippen molar-refractivity contribution in [3.63, 3.8) is 0 Å². The zero-order valence-electron chi connectivity index (χ0n) is 17.0. The summed E-state index contributed by atoms with van der Waals surface area (Å²) in [6.45, 7) is 12.8. The van der Waals surface area contributed by atoms with Gasteiger partial charge in [-0.15, -0.1) is 0 Å². The number of benzene rings is 3. The van der Waals surface area contributed by atoms with Gasteiger partial charge in [-0.05, 0) is 77.6 Å². The Labute approximate surface area is 161 Å². The molecule has 0 nitrogen and oxygen atoms in total. The van der Waals surface area contributed by atoms with Crippen molar-refractivity contribution < 1.29 is 0 Å². The van der Waals surface area contributed by atoms with Crippen LogP contribution in [0.3, 0.4) is 0 Å². The minimum Gasteiger partial charge on any atom is -0.161 e. The van der Waals surface area contributed by atoms with Crippen molar-refractivity contribution >= 4 is 10.0 Å². The SMILES string of the molecule is CC.CCS(c1ccc(C)cc1)(c1ccc(C)cc1)c1ccc(C)cc1. The number of aryl methyl sites for hydroxylation is 3. The number of hydrogen-bond donors (Lipinski definition) is 0. The lowest BCUT2D eigenvalue weighted by Crippen LogP contribution is -2.06. The molecule has 0 aliphatic rings. The molecular formula is C25H32S. The standard InChI is InChI=1S/C23H26S.C2H6/c1-5-24(21-12-6-18(2)7-13-21,22-14-8-19(3)9-15-22)23-16-10-20(4)11-17-23;1-2/h6-17H,5H2,1-4H3;1-2H3. The van der Waals surface area contributed by atoms with Crippen LogP contribution in [0.4, 0.5) is 0 Å². The van der Waals surface area contributed by atoms with Crippen LogP contribution in [0.1, 0.15) is 37.5 Å². The van der Waals surface area contributed by atoms with Crippen LogP contribution in [0.5, 0.6) is 0 Å². The van der Waals surface area contributed by atoms with Crippen LogP contribution in [-0.2, 0) is 0 Å². The minimum absolute atomic E-state index is 1.11. The van der Waals surface area contributed by atoms with Gasteiger partial charge in [-0.1, -0.05) is 73.9 Å². The fraction of sp³-hybridized carbons (Fsp3) is 0.280. The average molecular weight is 365 g/mol. The van der Waals surface area contributed by atoms with Crippen molar-refractivity contribution in [3.05, 3.63) is 89.5 Å². The van der Waals surface area contributed by atoms with E-state index >= 15 is 0 Å². The van der Waals surface area contributed by atoms with Crippen molar-refractivity contribution in [1.29, 1.82) is 0 Å². The van der Waals surface area contributed by atoms with Gasteiger partial charge in [0.15, 0.2) is 0 Å². The van der Waals surface area contributed by atoms with Gasteiger partial charge in [0, 0.05) is 0 Å². The predicted molar refractivity (Wildman–Crippen MR) is 118 cm³/mol. The third kappa shape index (κ3) is 4.04. The molecule has 0 atom stereocenters. The molecule has 0 aliphatic heterocycles. The Kier molecular flexibility index (Phi) is 7.11. The van der Waals surface area contributed by atoms with E-state index < -0.39 is 10.0 Å². The van der Waals surface area contributed by atoms with Gasteiger partial charge in [0.2, 0.25) is 0 Å². The van der Waals surface area contributed by atoms with Gasteiger partial charge in [0.05, 0.1) is 0 Å². The van der Waals surface area contributed by atoms with Gasteiger partial charge in [-0.25, -0.2) is 0 Å². The molecule has 0 fully saturated rings. The van der Waals surface area contributed by atoms with Crippen LogP contribution in [0.15, 0.2) is 87.5 Å². The molecule has 0 N–H and O–H groups in total. The molecule has 0 bridgehead atoms. The smallest absolute Gasteiger partial charge is 0.00186 e. The summed E-state index contributed by atoms with van der Waals surface area (Å²) in [5, 5.41) is 0. The van der Waals surface area contributed by atoms with Crippen molar-refractivity contribution in [2.24, 2.45) is 0 Å². The molecule has 1 heteroatoms. The second-order valence-corrected chi connectivity index (χ2v) is 9.94. The summed E-state index contributed by atoms with van der Waals surface area (Å²) in [7, 11) is -1.22. The summed E-state index contributed by atoms with van der Waals surface area (Å²) >= 11 is 0. The van der Waals surface area contributed by atoms with Gasteiger partial charge in [-0.3, -0.25) is 0 Å². The zero-order valence-corrected chi connectivity index (χ0v) is 17.9. The molecule has 0 aliphatic carbocycles. The molecule has 0 unspecified atom stereocenters. The quantitative estimate of drug-likeness (QED) is 0.441. The van der Waals surface area contributed by atoms with E-state index in [1.54, 1.807) is 0 Å². The van der Waals surface area contributed by atoms with Crippen LogP contribution < -0.4 is 0 Å². The van der Waals surface area contributed by atoms with Crippen LogP contribution in [-0.4, -0.2) is 5.75 Å². The zero-order chi connectivity index (χ0) is 19.2. The molecule has 0 saturated heterocycles. The minimum atomic E-state index is -1.22. The molecule has 0 saturated carbocycles. The molecule has 26 heavy (non-hydrogen) atoms. The summed E-state index contributed by atoms with van der Waals surface area (Å²) < 4.78 is 0. The van der Waals surface area contributed by atoms with E-state index in [1.165, 1.54) is 31.4 Å². The van der Waals surface area contributed by atoms with Crippen molar-refractivity contribution in [1.82, 2.24) is 0 Å². The normalized spacial score (nSPS) is 11.5. The van der Waals surface area contributed by atoms with E-state index in [0.29, 0.717) is 0 Å². The maximum atomic E-state index is 2.33. The highest BCUT2D eigenvalue weighted by Gasteiger charge is 2.29. The predicted octanol–water partition coefficient (Wildman–Crippen LogP) is 7.94. The summed E-state index contributed by atoms with van der Waals surface area (Å²) in [6.07, 6.45) is 0. The summed E-state index contributed by atoms with van der Waals surface area (Å²) in [6, 6.07) is 27.4. The fourth-order valence-electron chi connectivity index (χ4n) is 3.22. The van der Waals surface area contributed by atoms with Gasteiger partial charge in [-0.2, -0.15) is 10.0 Å². The third-order valence-corrected chi connectivity index (χ3v) is 8.80. The summed E-state index contributed by atoms with van der Waals surface area (Å²) in [4.78, 5) is 4.34. The maximum absolute atomic E-state index is 2.33. The summed E-state index contributed by atoms with van der Waals surface area (Å²) in [5.41, 5.74) is 3.95. The third-order valence-electron chi connectivity index (χ3n) is 4.70. The maximum Gasteiger partial charge on any atom is -0.00186 e. The number of rotatable bonds is 4. The molecule has 138 valence electrons. The Hall–Kier alpha value is -1.99. The lowest BCUT2D eigenvalue weighted by atomic mass is 10.2. The molecule has 0 radical (unpaired) electrons. The Morgan fingerprint density at radius 1 is 0.500 bits per heavy atom. The first-order valence-electron chi connectivity index (χ1n) is 9.57. The monoisotopic (exact) mass is 364 g/mol. The Balaban J connectivity index is 0.00000117. The van der Waals surface area contributed by atoms with Crippen LogP contribution in [0, 0.1) is 20.8 Å². The second kappa shape index (κ2) is 9.09. The first kappa shape index (κ1) is 20.3. The molecular weight excluding hydrogens is 332 g/mol.